The summed E-state index contributed by atoms with van der Waals surface area (Å²) in [7, 11) is 1.83. The van der Waals surface area contributed by atoms with Crippen molar-refractivity contribution in [1.29, 1.82) is 0 Å². The average Bonchev–Trinajstić information content (AvgIpc) is 3.25. The summed E-state index contributed by atoms with van der Waals surface area (Å²) in [6.07, 6.45) is 0. The lowest BCUT2D eigenvalue weighted by molar-refractivity contribution is -0.128. The van der Waals surface area contributed by atoms with E-state index in [9.17, 15) is 4.79 Å². The molecule has 5 nitrogen and oxygen atoms in total. The van der Waals surface area contributed by atoms with Gasteiger partial charge in [-0.3, -0.25) is 4.79 Å². The maximum atomic E-state index is 12.5. The molecule has 0 saturated carbocycles. The first kappa shape index (κ1) is 18.6. The van der Waals surface area contributed by atoms with E-state index in [1.54, 1.807) is 39.3 Å². The Kier molecular flexibility index (Phi) is 6.32. The zero-order valence-corrected chi connectivity index (χ0v) is 17.4. The van der Waals surface area contributed by atoms with E-state index in [1.165, 1.54) is 11.8 Å². The van der Waals surface area contributed by atoms with Crippen LogP contribution in [0.15, 0.2) is 32.9 Å². The summed E-state index contributed by atoms with van der Waals surface area (Å²) in [6, 6.07) is 8.00. The molecule has 0 saturated heterocycles. The van der Waals surface area contributed by atoms with Crippen molar-refractivity contribution in [2.45, 2.75) is 28.6 Å². The predicted molar refractivity (Wildman–Crippen MR) is 108 cm³/mol. The van der Waals surface area contributed by atoms with Crippen LogP contribution in [-0.4, -0.2) is 44.5 Å². The molecule has 0 radical (unpaired) electrons. The van der Waals surface area contributed by atoms with E-state index in [4.69, 9.17) is 0 Å². The number of benzene rings is 1. The molecule has 0 spiro atoms. The zero-order valence-electron chi connectivity index (χ0n) is 14.1. The molecule has 3 aromatic rings. The molecule has 1 atom stereocenters. The minimum absolute atomic E-state index is 0.0499. The lowest BCUT2D eigenvalue weighted by atomic mass is 10.3. The third kappa shape index (κ3) is 4.52. The number of amides is 1. The molecular formula is C16H18N4OS4. The van der Waals surface area contributed by atoms with E-state index in [-0.39, 0.29) is 11.9 Å². The highest BCUT2D eigenvalue weighted by molar-refractivity contribution is 8.03. The van der Waals surface area contributed by atoms with Gasteiger partial charge >= 0.3 is 0 Å². The van der Waals surface area contributed by atoms with Gasteiger partial charge in [-0.05, 0) is 24.8 Å². The third-order valence-electron chi connectivity index (χ3n) is 3.62. The minimum atomic E-state index is -0.0499. The van der Waals surface area contributed by atoms with Crippen molar-refractivity contribution in [3.8, 4) is 0 Å². The van der Waals surface area contributed by atoms with E-state index in [1.807, 2.05) is 32.2 Å². The number of nitrogens with zero attached hydrogens (tertiary/aromatic N) is 4. The second-order valence-corrected chi connectivity index (χ2v) is 10.0. The van der Waals surface area contributed by atoms with E-state index < -0.39 is 0 Å². The van der Waals surface area contributed by atoms with Gasteiger partial charge < -0.3 is 4.90 Å². The molecule has 3 rings (SSSR count). The van der Waals surface area contributed by atoms with Crippen molar-refractivity contribution in [3.63, 3.8) is 0 Å². The number of rotatable bonds is 7. The van der Waals surface area contributed by atoms with Gasteiger partial charge in [-0.2, -0.15) is 0 Å². The smallest absolute Gasteiger partial charge is 0.233 e. The van der Waals surface area contributed by atoms with Crippen molar-refractivity contribution < 1.29 is 4.79 Å². The van der Waals surface area contributed by atoms with Crippen LogP contribution < -0.4 is 0 Å². The molecule has 132 valence electrons. The minimum Gasteiger partial charge on any atom is -0.336 e. The van der Waals surface area contributed by atoms with Gasteiger partial charge in [-0.25, -0.2) is 4.98 Å². The Morgan fingerprint density at radius 3 is 2.64 bits per heavy atom. The van der Waals surface area contributed by atoms with E-state index in [2.05, 4.69) is 28.2 Å². The Labute approximate surface area is 163 Å². The van der Waals surface area contributed by atoms with Crippen molar-refractivity contribution in [1.82, 2.24) is 20.1 Å². The van der Waals surface area contributed by atoms with Gasteiger partial charge in [0.15, 0.2) is 8.68 Å². The largest absolute Gasteiger partial charge is 0.336 e. The molecule has 0 aliphatic rings. The predicted octanol–water partition coefficient (Wildman–Crippen LogP) is 4.57. The van der Waals surface area contributed by atoms with Gasteiger partial charge in [-0.15, -0.1) is 21.5 Å². The number of fused-ring (bicyclic) bond motifs is 1. The summed E-state index contributed by atoms with van der Waals surface area (Å²) in [6.45, 7) is 4.10. The van der Waals surface area contributed by atoms with Crippen LogP contribution in [0, 0.1) is 0 Å². The molecule has 25 heavy (non-hydrogen) atoms. The van der Waals surface area contributed by atoms with E-state index >= 15 is 0 Å². The van der Waals surface area contributed by atoms with Gasteiger partial charge in [0.05, 0.1) is 22.0 Å². The fraction of sp³-hybridized carbons (Fsp3) is 0.375. The third-order valence-corrected chi connectivity index (χ3v) is 7.88. The Bertz CT molecular complexity index is 830. The first-order chi connectivity index (χ1) is 12.1. The van der Waals surface area contributed by atoms with Gasteiger partial charge in [0.25, 0.3) is 0 Å². The second kappa shape index (κ2) is 8.48. The summed E-state index contributed by atoms with van der Waals surface area (Å²) >= 11 is 6.30. The van der Waals surface area contributed by atoms with Crippen LogP contribution in [0.1, 0.15) is 24.9 Å². The van der Waals surface area contributed by atoms with E-state index in [0.717, 1.165) is 29.7 Å². The lowest BCUT2D eigenvalue weighted by Crippen LogP contribution is -2.31. The molecule has 1 amide bonds. The van der Waals surface area contributed by atoms with Crippen LogP contribution in [-0.2, 0) is 4.79 Å². The molecule has 0 aliphatic carbocycles. The van der Waals surface area contributed by atoms with Gasteiger partial charge in [0.1, 0.15) is 5.01 Å². The molecule has 9 heteroatoms. The van der Waals surface area contributed by atoms with E-state index in [0.29, 0.717) is 5.75 Å². The van der Waals surface area contributed by atoms with Gasteiger partial charge in [0.2, 0.25) is 5.91 Å². The van der Waals surface area contributed by atoms with Crippen molar-refractivity contribution in [2.24, 2.45) is 0 Å². The summed E-state index contributed by atoms with van der Waals surface area (Å²) in [5, 5.41) is 9.20. The maximum absolute atomic E-state index is 12.5. The number of thiazole rings is 1. The standard InChI is InChI=1S/C16H18N4OS4/c1-4-22-15-18-19-16(25-15)23-9-13(21)20(3)10(2)14-17-11-7-5-6-8-12(11)24-14/h5-8,10H,4,9H2,1-3H3/t10-/m0/s1. The Morgan fingerprint density at radius 1 is 1.20 bits per heavy atom. The highest BCUT2D eigenvalue weighted by atomic mass is 32.2. The Hall–Kier alpha value is -1.16. The maximum Gasteiger partial charge on any atom is 0.233 e. The molecule has 0 bridgehead atoms. The molecule has 0 unspecified atom stereocenters. The molecule has 2 aromatic heterocycles. The monoisotopic (exact) mass is 410 g/mol. The molecule has 1 aromatic carbocycles. The first-order valence-electron chi connectivity index (χ1n) is 7.78. The molecular weight excluding hydrogens is 392 g/mol. The fourth-order valence-corrected chi connectivity index (χ4v) is 6.02. The first-order valence-corrected chi connectivity index (χ1v) is 11.4. The highest BCUT2D eigenvalue weighted by Crippen LogP contribution is 2.31. The summed E-state index contributed by atoms with van der Waals surface area (Å²) in [5.41, 5.74) is 0.986. The van der Waals surface area contributed by atoms with Crippen LogP contribution in [0.3, 0.4) is 0 Å². The van der Waals surface area contributed by atoms with Crippen molar-refractivity contribution in [2.75, 3.05) is 18.6 Å². The second-order valence-electron chi connectivity index (χ2n) is 5.26. The van der Waals surface area contributed by atoms with Crippen LogP contribution in [0.2, 0.25) is 0 Å². The number of carbonyl (C=O) groups excluding carboxylic acids is 1. The Morgan fingerprint density at radius 2 is 1.92 bits per heavy atom. The molecule has 2 heterocycles. The SMILES string of the molecule is CCSc1nnc(SCC(=O)N(C)[C@@H](C)c2nc3ccccc3s2)s1. The van der Waals surface area contributed by atoms with Crippen LogP contribution >= 0.6 is 46.2 Å². The summed E-state index contributed by atoms with van der Waals surface area (Å²) < 4.78 is 2.94. The molecule has 0 N–H and O–H groups in total. The molecule has 0 fully saturated rings. The zero-order chi connectivity index (χ0) is 17.8. The van der Waals surface area contributed by atoms with Crippen LogP contribution in [0.4, 0.5) is 0 Å². The quantitative estimate of drug-likeness (QED) is 0.532. The highest BCUT2D eigenvalue weighted by Gasteiger charge is 2.21. The van der Waals surface area contributed by atoms with Crippen LogP contribution in [0.5, 0.6) is 0 Å². The summed E-state index contributed by atoms with van der Waals surface area (Å²) in [5.74, 6) is 1.40. The number of para-hydroxylation sites is 1. The number of hydrogen-bond donors (Lipinski definition) is 0. The lowest BCUT2D eigenvalue weighted by Gasteiger charge is -2.22. The van der Waals surface area contributed by atoms with Crippen molar-refractivity contribution in [3.05, 3.63) is 29.3 Å². The van der Waals surface area contributed by atoms with Gasteiger partial charge in [0, 0.05) is 7.05 Å². The number of aromatic nitrogens is 3. The van der Waals surface area contributed by atoms with Crippen LogP contribution in [0.25, 0.3) is 10.2 Å². The summed E-state index contributed by atoms with van der Waals surface area (Å²) in [4.78, 5) is 18.9. The topological polar surface area (TPSA) is 59.0 Å². The Balaban J connectivity index is 1.60. The number of carbonyl (C=O) groups is 1. The van der Waals surface area contributed by atoms with Crippen molar-refractivity contribution >= 4 is 62.3 Å². The average molecular weight is 411 g/mol. The number of thioether (sulfide) groups is 2. The molecule has 0 aliphatic heterocycles. The van der Waals surface area contributed by atoms with Gasteiger partial charge in [-0.1, -0.05) is 53.9 Å². The normalized spacial score (nSPS) is 12.4. The fourth-order valence-electron chi connectivity index (χ4n) is 2.11. The number of hydrogen-bond acceptors (Lipinski definition) is 8.